The maximum absolute atomic E-state index is 13.1. The molecule has 2 aliphatic rings. The second-order valence-corrected chi connectivity index (χ2v) is 7.15. The van der Waals surface area contributed by atoms with Crippen LogP contribution in [0, 0.1) is 0 Å². The molecule has 26 heavy (non-hydrogen) atoms. The Morgan fingerprint density at radius 1 is 1.27 bits per heavy atom. The Kier molecular flexibility index (Phi) is 6.01. The molecule has 0 saturated heterocycles. The summed E-state index contributed by atoms with van der Waals surface area (Å²) in [5.74, 6) is 0.865. The third-order valence-electron chi connectivity index (χ3n) is 5.31. The van der Waals surface area contributed by atoms with Crippen molar-refractivity contribution in [2.75, 3.05) is 19.0 Å². The second kappa shape index (κ2) is 8.43. The number of nitrogens with zero attached hydrogens (tertiary/aromatic N) is 1. The third-order valence-corrected chi connectivity index (χ3v) is 5.31. The van der Waals surface area contributed by atoms with Crippen molar-refractivity contribution in [1.82, 2.24) is 5.32 Å². The summed E-state index contributed by atoms with van der Waals surface area (Å²) in [5.41, 5.74) is 1.45. The van der Waals surface area contributed by atoms with Gasteiger partial charge in [0.2, 0.25) is 5.91 Å². The largest absolute Gasteiger partial charge is 0.497 e. The van der Waals surface area contributed by atoms with Gasteiger partial charge >= 0.3 is 0 Å². The van der Waals surface area contributed by atoms with E-state index in [1.807, 2.05) is 24.3 Å². The van der Waals surface area contributed by atoms with Crippen molar-refractivity contribution in [2.45, 2.75) is 63.5 Å². The molecule has 0 bridgehead atoms. The predicted molar refractivity (Wildman–Crippen MR) is 103 cm³/mol. The van der Waals surface area contributed by atoms with E-state index < -0.39 is 5.54 Å². The van der Waals surface area contributed by atoms with Crippen LogP contribution in [0.2, 0.25) is 0 Å². The number of carbonyl (C=O) groups excluding carboxylic acids is 1. The van der Waals surface area contributed by atoms with E-state index in [0.29, 0.717) is 6.54 Å². The average Bonchev–Trinajstić information content (AvgIpc) is 3.15. The Labute approximate surface area is 155 Å². The van der Waals surface area contributed by atoms with Gasteiger partial charge in [-0.1, -0.05) is 31.3 Å². The third kappa shape index (κ3) is 4.29. The highest BCUT2D eigenvalue weighted by molar-refractivity contribution is 5.90. The lowest BCUT2D eigenvalue weighted by Crippen LogP contribution is -2.54. The quantitative estimate of drug-likeness (QED) is 0.782. The van der Waals surface area contributed by atoms with Gasteiger partial charge in [-0.25, -0.2) is 0 Å². The lowest BCUT2D eigenvalue weighted by atomic mass is 9.80. The first-order valence-corrected chi connectivity index (χ1v) is 9.57. The molecule has 3 rings (SSSR count). The van der Waals surface area contributed by atoms with E-state index >= 15 is 0 Å². The molecule has 6 heteroatoms. The highest BCUT2D eigenvalue weighted by Gasteiger charge is 2.39. The topological polar surface area (TPSA) is 72.0 Å². The van der Waals surface area contributed by atoms with Crippen molar-refractivity contribution in [3.05, 3.63) is 24.3 Å². The monoisotopic (exact) mass is 359 g/mol. The molecule has 0 radical (unpaired) electrons. The number of nitrogens with one attached hydrogen (secondary N) is 2. The van der Waals surface area contributed by atoms with Gasteiger partial charge in [-0.3, -0.25) is 4.79 Å². The molecule has 1 atom stereocenters. The van der Waals surface area contributed by atoms with E-state index in [1.54, 1.807) is 7.11 Å². The van der Waals surface area contributed by atoms with Crippen molar-refractivity contribution in [2.24, 2.45) is 5.16 Å². The zero-order valence-corrected chi connectivity index (χ0v) is 15.7. The molecule has 1 aliphatic heterocycles. The number of amides is 1. The van der Waals surface area contributed by atoms with Crippen LogP contribution in [0.15, 0.2) is 29.4 Å². The van der Waals surface area contributed by atoms with Gasteiger partial charge < -0.3 is 20.2 Å². The van der Waals surface area contributed by atoms with Gasteiger partial charge in [0.05, 0.1) is 19.4 Å². The van der Waals surface area contributed by atoms with Crippen molar-refractivity contribution >= 4 is 17.3 Å². The highest BCUT2D eigenvalue weighted by Crippen LogP contribution is 2.32. The number of methoxy groups -OCH3 is 1. The molecule has 1 amide bonds. The summed E-state index contributed by atoms with van der Waals surface area (Å²) in [5, 5.41) is 10.7. The van der Waals surface area contributed by atoms with Crippen LogP contribution >= 0.6 is 0 Å². The number of hydrogen-bond donors (Lipinski definition) is 2. The molecule has 6 nitrogen and oxygen atoms in total. The zero-order chi connectivity index (χ0) is 18.4. The van der Waals surface area contributed by atoms with Crippen LogP contribution < -0.4 is 15.4 Å². The molecule has 1 heterocycles. The fraction of sp³-hybridized carbons (Fsp3) is 0.600. The smallest absolute Gasteiger partial charge is 0.245 e. The first-order valence-electron chi connectivity index (χ1n) is 9.57. The number of carbonyl (C=O) groups is 1. The number of oxime groups is 1. The van der Waals surface area contributed by atoms with E-state index in [2.05, 4.69) is 22.7 Å². The molecule has 2 N–H and O–H groups in total. The lowest BCUT2D eigenvalue weighted by molar-refractivity contribution is -0.127. The first-order chi connectivity index (χ1) is 12.6. The minimum Gasteiger partial charge on any atom is -0.497 e. The van der Waals surface area contributed by atoms with E-state index in [1.165, 1.54) is 6.42 Å². The van der Waals surface area contributed by atoms with Crippen molar-refractivity contribution in [3.63, 3.8) is 0 Å². The number of ether oxygens (including phenoxy) is 1. The van der Waals surface area contributed by atoms with Gasteiger partial charge in [-0.2, -0.15) is 0 Å². The summed E-state index contributed by atoms with van der Waals surface area (Å²) in [6, 6.07) is 7.74. The Morgan fingerprint density at radius 2 is 2.00 bits per heavy atom. The van der Waals surface area contributed by atoms with Crippen LogP contribution in [0.3, 0.4) is 0 Å². The van der Waals surface area contributed by atoms with Gasteiger partial charge in [0.1, 0.15) is 17.4 Å². The van der Waals surface area contributed by atoms with Crippen LogP contribution in [-0.4, -0.2) is 36.9 Å². The summed E-state index contributed by atoms with van der Waals surface area (Å²) in [6.45, 7) is 2.57. The Morgan fingerprint density at radius 3 is 2.62 bits per heavy atom. The molecule has 142 valence electrons. The molecule has 1 fully saturated rings. The van der Waals surface area contributed by atoms with Gasteiger partial charge in [0, 0.05) is 12.1 Å². The van der Waals surface area contributed by atoms with E-state index in [0.717, 1.165) is 55.7 Å². The minimum absolute atomic E-state index is 0.0458. The number of benzene rings is 1. The standard InChI is InChI=1S/C20H29N3O3/c1-3-15-13-18(26-23-15)14-21-19(24)20(11-5-4-6-12-20)22-16-7-9-17(25-2)10-8-16/h7-10,18,22H,3-6,11-14H2,1-2H3,(H,21,24). The zero-order valence-electron chi connectivity index (χ0n) is 15.7. The van der Waals surface area contributed by atoms with Gasteiger partial charge in [-0.05, 0) is 43.5 Å². The summed E-state index contributed by atoms with van der Waals surface area (Å²) in [6.07, 6.45) is 6.62. The Hall–Kier alpha value is -2.24. The average molecular weight is 359 g/mol. The van der Waals surface area contributed by atoms with Gasteiger partial charge in [0.15, 0.2) is 0 Å². The molecular weight excluding hydrogens is 330 g/mol. The maximum atomic E-state index is 13.1. The predicted octanol–water partition coefficient (Wildman–Crippen LogP) is 3.48. The SMILES string of the molecule is CCC1=NOC(CNC(=O)C2(Nc3ccc(OC)cc3)CCCCC2)C1. The van der Waals surface area contributed by atoms with Crippen molar-refractivity contribution < 1.29 is 14.4 Å². The summed E-state index contributed by atoms with van der Waals surface area (Å²) < 4.78 is 5.21. The Bertz CT molecular complexity index is 636. The number of anilines is 1. The molecular formula is C20H29N3O3. The van der Waals surface area contributed by atoms with Crippen molar-refractivity contribution in [1.29, 1.82) is 0 Å². The molecule has 1 unspecified atom stereocenters. The van der Waals surface area contributed by atoms with E-state index in [9.17, 15) is 4.79 Å². The molecule has 1 saturated carbocycles. The molecule has 1 aliphatic carbocycles. The van der Waals surface area contributed by atoms with Gasteiger partial charge in [-0.15, -0.1) is 0 Å². The minimum atomic E-state index is -0.556. The fourth-order valence-corrected chi connectivity index (χ4v) is 3.70. The number of hydrogen-bond acceptors (Lipinski definition) is 5. The molecule has 0 spiro atoms. The number of rotatable bonds is 7. The first kappa shape index (κ1) is 18.5. The summed E-state index contributed by atoms with van der Waals surface area (Å²) in [7, 11) is 1.65. The molecule has 0 aromatic heterocycles. The van der Waals surface area contributed by atoms with Crippen LogP contribution in [0.5, 0.6) is 5.75 Å². The summed E-state index contributed by atoms with van der Waals surface area (Å²) in [4.78, 5) is 18.5. The van der Waals surface area contributed by atoms with Gasteiger partial charge in [0.25, 0.3) is 0 Å². The normalized spacial score (nSPS) is 21.5. The van der Waals surface area contributed by atoms with Crippen LogP contribution in [0.4, 0.5) is 5.69 Å². The highest BCUT2D eigenvalue weighted by atomic mass is 16.6. The summed E-state index contributed by atoms with van der Waals surface area (Å²) >= 11 is 0. The second-order valence-electron chi connectivity index (χ2n) is 7.15. The molecule has 1 aromatic rings. The van der Waals surface area contributed by atoms with E-state index in [4.69, 9.17) is 9.57 Å². The fourth-order valence-electron chi connectivity index (χ4n) is 3.70. The van der Waals surface area contributed by atoms with Crippen LogP contribution in [0.25, 0.3) is 0 Å². The van der Waals surface area contributed by atoms with Crippen LogP contribution in [-0.2, 0) is 9.63 Å². The lowest BCUT2D eigenvalue weighted by Gasteiger charge is -2.37. The molecule has 1 aromatic carbocycles. The van der Waals surface area contributed by atoms with Crippen LogP contribution in [0.1, 0.15) is 51.9 Å². The Balaban J connectivity index is 1.63. The van der Waals surface area contributed by atoms with Crippen molar-refractivity contribution in [3.8, 4) is 5.75 Å². The maximum Gasteiger partial charge on any atom is 0.245 e. The van der Waals surface area contributed by atoms with E-state index in [-0.39, 0.29) is 12.0 Å².